The molecule has 46 heteroatoms. The average molecular weight is 2170 g/mol. The number of aliphatic carboxylic acids is 5. The lowest BCUT2D eigenvalue weighted by Crippen LogP contribution is -2.47. The van der Waals surface area contributed by atoms with Gasteiger partial charge in [-0.25, -0.2) is 34.4 Å². The number of H-pyrrole nitrogens is 1. The first kappa shape index (κ1) is 112. The maximum Gasteiger partial charge on any atom is 0.334 e. The molecule has 1 aliphatic heterocycles. The molecule has 3 fully saturated rings. The first-order chi connectivity index (χ1) is 70.1. The van der Waals surface area contributed by atoms with Gasteiger partial charge in [0.1, 0.15) is 97.2 Å². The van der Waals surface area contributed by atoms with Gasteiger partial charge < -0.3 is 80.6 Å². The number of pyridine rings is 4. The summed E-state index contributed by atoms with van der Waals surface area (Å²) < 4.78 is 26.6. The Morgan fingerprint density at radius 2 is 1.05 bits per heavy atom. The zero-order valence-electron chi connectivity index (χ0n) is 78.3. The minimum absolute atomic E-state index is 0. The molecule has 0 radical (unpaired) electrons. The fourth-order valence-electron chi connectivity index (χ4n) is 15.9. The van der Waals surface area contributed by atoms with Gasteiger partial charge in [0.15, 0.2) is 45.9 Å². The molecule has 43 nitrogen and oxygen atoms in total. The topological polar surface area (TPSA) is 635 Å². The van der Waals surface area contributed by atoms with Crippen LogP contribution >= 0.6 is 44.4 Å². The number of benzene rings is 6. The highest BCUT2D eigenvalue weighted by Gasteiger charge is 2.33. The molecule has 8 aromatic heterocycles. The van der Waals surface area contributed by atoms with E-state index in [2.05, 4.69) is 55.9 Å². The predicted molar refractivity (Wildman–Crippen MR) is 547 cm³/mol. The number of aromatic hydroxyl groups is 5. The van der Waals surface area contributed by atoms with Crippen molar-refractivity contribution in [1.82, 2.24) is 74.0 Å². The second-order valence-electron chi connectivity index (χ2n) is 32.7. The van der Waals surface area contributed by atoms with Crippen LogP contribution in [0.1, 0.15) is 186 Å². The number of nitrogens with one attached hydrogen (secondary N) is 3. The van der Waals surface area contributed by atoms with Gasteiger partial charge in [0.2, 0.25) is 5.88 Å². The number of rotatable bonds is 28. The van der Waals surface area contributed by atoms with E-state index in [1.807, 2.05) is 60.7 Å². The van der Waals surface area contributed by atoms with Gasteiger partial charge in [-0.2, -0.15) is 4.68 Å². The van der Waals surface area contributed by atoms with Crippen LogP contribution < -0.4 is 42.6 Å². The maximum absolute atomic E-state index is 13.2. The number of carbonyl (C=O) groups is 10. The summed E-state index contributed by atoms with van der Waals surface area (Å²) in [6, 6.07) is 46.6. The number of carbonyl (C=O) groups excluding carboxylic acids is 5. The minimum atomic E-state index is -1.26. The Kier molecular flexibility index (Phi) is 41.4. The van der Waals surface area contributed by atoms with Gasteiger partial charge in [-0.3, -0.25) is 79.6 Å². The van der Waals surface area contributed by atoms with E-state index in [4.69, 9.17) is 61.3 Å². The molecular weight excluding hydrogens is 2070 g/mol. The smallest absolute Gasteiger partial charge is 0.334 e. The Bertz CT molecular complexity index is 7390. The monoisotopic (exact) mass is 2170 g/mol. The number of Topliss-reactive ketones (excluding diaryl/α,β-unsaturated/α-hetero) is 3. The number of fused-ring (bicyclic) bond motifs is 3. The second-order valence-corrected chi connectivity index (χ2v) is 34.4. The molecule has 0 unspecified atom stereocenters. The third kappa shape index (κ3) is 30.0. The van der Waals surface area contributed by atoms with Crippen molar-refractivity contribution in [2.24, 2.45) is 0 Å². The van der Waals surface area contributed by atoms with E-state index in [0.717, 1.165) is 73.1 Å². The van der Waals surface area contributed by atoms with Gasteiger partial charge >= 0.3 is 35.5 Å². The first-order valence-corrected chi connectivity index (χ1v) is 49.1. The zero-order chi connectivity index (χ0) is 105. The molecule has 2 aliphatic carbocycles. The number of aryl methyl sites for hydroxylation is 1. The molecular formula is C101H103Cl2IN16O27. The number of para-hydroxylation sites is 2. The van der Waals surface area contributed by atoms with Crippen LogP contribution in [-0.4, -0.2) is 218 Å². The molecule has 147 heavy (non-hydrogen) atoms. The van der Waals surface area contributed by atoms with Crippen LogP contribution in [0.2, 0.25) is 10.2 Å². The lowest BCUT2D eigenvalue weighted by molar-refractivity contribution is -0.137. The molecule has 2 amide bonds. The van der Waals surface area contributed by atoms with Crippen molar-refractivity contribution >= 4 is 142 Å². The maximum atomic E-state index is 13.2. The van der Waals surface area contributed by atoms with Crippen molar-refractivity contribution in [3.05, 3.63) is 286 Å². The molecule has 2 saturated carbocycles. The summed E-state index contributed by atoms with van der Waals surface area (Å²) in [6.45, 7) is 3.46. The summed E-state index contributed by atoms with van der Waals surface area (Å²) in [5.41, 5.74) is -0.173. The summed E-state index contributed by atoms with van der Waals surface area (Å²) in [5, 5.41) is 113. The van der Waals surface area contributed by atoms with Gasteiger partial charge in [0.25, 0.3) is 28.5 Å². The normalized spacial score (nSPS) is 12.6. The Hall–Kier alpha value is -16.6. The highest BCUT2D eigenvalue weighted by atomic mass is 127. The molecule has 0 spiro atoms. The van der Waals surface area contributed by atoms with Gasteiger partial charge in [-0.1, -0.05) is 171 Å². The Labute approximate surface area is 856 Å². The van der Waals surface area contributed by atoms with E-state index in [1.54, 1.807) is 121 Å². The average Bonchev–Trinajstić information content (AvgIpc) is 1.56. The number of nitrogens with zero attached hydrogens (tertiary/aromatic N) is 13. The summed E-state index contributed by atoms with van der Waals surface area (Å²) in [6.07, 6.45) is 14.4. The van der Waals surface area contributed by atoms with Crippen molar-refractivity contribution in [3.63, 3.8) is 0 Å². The molecule has 17 rings (SSSR count). The molecule has 13 N–H and O–H groups in total. The van der Waals surface area contributed by atoms with Crippen LogP contribution in [0, 0.1) is 6.92 Å². The largest absolute Gasteiger partial charge is 0.506 e. The third-order valence-electron chi connectivity index (χ3n) is 22.9. The molecule has 14 aromatic rings. The summed E-state index contributed by atoms with van der Waals surface area (Å²) in [5.74, 6) is -8.60. The molecule has 6 aromatic carbocycles. The van der Waals surface area contributed by atoms with Crippen molar-refractivity contribution in [2.45, 2.75) is 136 Å². The number of carboxylic acid groups (broad SMARTS) is 5. The van der Waals surface area contributed by atoms with E-state index < -0.39 is 133 Å². The number of ketones is 3. The van der Waals surface area contributed by atoms with Crippen LogP contribution in [0.3, 0.4) is 0 Å². The molecule has 9 heterocycles. The SMILES string of the molecule is C.CI=O.Cc1nc(C(=O)CCC(=O)O)c(O)c2ccc(Oc3ccccc3)cc12.O=C(O)CCC(=O)c1nc(Cl)c2ccccc2c1O.O=C(O)CCC(=O)c1ncc(-c2cccc(Cl)c2)cc1O.O=C(O)CNC(=O)c1c(O)c2ccccc2n(Cc2ccccc2)c1=O.O=C(O)CNC(=O)c1c(O)n(C2CCCCC2)c(=O)n(C2CCCCC2)c1=O.O=c1c(-n2ccnn2)c[nH]n1-c1cc(N2CCOCC2)ncn1. The zero-order valence-corrected chi connectivity index (χ0v) is 81.9. The summed E-state index contributed by atoms with van der Waals surface area (Å²) in [4.78, 5) is 189. The van der Waals surface area contributed by atoms with E-state index in [0.29, 0.717) is 111 Å². The van der Waals surface area contributed by atoms with Gasteiger partial charge in [-0.15, -0.1) is 5.10 Å². The van der Waals surface area contributed by atoms with E-state index in [9.17, 15) is 92.7 Å². The van der Waals surface area contributed by atoms with Crippen molar-refractivity contribution in [1.29, 1.82) is 0 Å². The van der Waals surface area contributed by atoms with Crippen molar-refractivity contribution in [3.8, 4) is 63.0 Å². The van der Waals surface area contributed by atoms with Crippen LogP contribution in [0.15, 0.2) is 214 Å². The number of alkyl halides is 1. The first-order valence-electron chi connectivity index (χ1n) is 45.3. The fourth-order valence-corrected chi connectivity index (χ4v) is 16.3. The van der Waals surface area contributed by atoms with Crippen LogP contribution in [0.25, 0.3) is 55.1 Å². The predicted octanol–water partition coefficient (Wildman–Crippen LogP) is 13.9. The van der Waals surface area contributed by atoms with Gasteiger partial charge in [0, 0.05) is 105 Å². The van der Waals surface area contributed by atoms with E-state index in [-0.39, 0.29) is 110 Å². The highest BCUT2D eigenvalue weighted by molar-refractivity contribution is 14.1. The van der Waals surface area contributed by atoms with Crippen LogP contribution in [-0.2, 0) is 38.3 Å². The Morgan fingerprint density at radius 3 is 1.61 bits per heavy atom. The number of carboxylic acids is 5. The third-order valence-corrected chi connectivity index (χ3v) is 23.4. The van der Waals surface area contributed by atoms with Crippen LogP contribution in [0.4, 0.5) is 5.82 Å². The number of aromatic amines is 1. The minimum Gasteiger partial charge on any atom is -0.506 e. The van der Waals surface area contributed by atoms with Gasteiger partial charge in [-0.05, 0) is 104 Å². The standard InChI is InChI=1S/C20H17NO5.C19H27N3O6.C19H16N2O5.C15H12ClNO4.C13H10ClNO4.C13H14N8O2.CH3IO.CH4/c1-12-16-11-14(26-13-5-3-2-4-6-13)7-8-15(16)20(25)19(21-12)17(22)9-10-18(23)24;23-14(24)11-20-16(25)15-17(26)21(12-7-3-1-4-8-12)19(28)22(18(15)27)13-9-5-2-6-10-13;22-15(23)10-20-18(25)16-17(24)13-8-4-5-9-14(13)21(19(16)26)11-12-6-2-1-3-7-12;16-11-3-1-2-9(6-11)10-7-13(19)15(17-8-10)12(18)4-5-14(20)21;14-13-8-4-2-1-3-7(8)12(19)11(15-13)9(16)5-6-10(17)18;22-13-10(20-2-1-16-18-20)8-17-21(13)12-7-11(14-9-15-12)19-3-5-23-6-4-19;1-2-3;/h2-8,11,25H,9-10H2,1H3,(H,23,24);12-13,26H,1-11H2,(H,20,25)(H,23,24);1-9,24H,10-11H2,(H,20,25)(H,22,23);1-3,6-8,19H,4-5H2,(H,20,21);1-4,19H,5-6H2,(H,17,18);1-2,7-9,17H,3-6H2;1H3;1H4. The highest BCUT2D eigenvalue weighted by Crippen LogP contribution is 2.38. The number of amides is 2. The van der Waals surface area contributed by atoms with Crippen molar-refractivity contribution < 1.29 is 112 Å². The quantitative estimate of drug-likeness (QED) is 0.00937. The Balaban J connectivity index is 0.000000180. The van der Waals surface area contributed by atoms with Crippen molar-refractivity contribution in [2.75, 3.05) is 49.2 Å². The lowest BCUT2D eigenvalue weighted by Gasteiger charge is -2.29. The van der Waals surface area contributed by atoms with Crippen LogP contribution in [0.5, 0.6) is 40.4 Å². The molecule has 1 saturated heterocycles. The number of aromatic nitrogens is 13. The molecule has 3 aliphatic rings. The Morgan fingerprint density at radius 1 is 0.517 bits per heavy atom. The van der Waals surface area contributed by atoms with E-state index >= 15 is 0 Å². The molecule has 0 bridgehead atoms. The lowest BCUT2D eigenvalue weighted by atomic mass is 9.94. The van der Waals surface area contributed by atoms with E-state index in [1.165, 1.54) is 43.3 Å². The number of ether oxygens (including phenoxy) is 2. The summed E-state index contributed by atoms with van der Waals surface area (Å²) >= 11 is 11.2. The number of hydrogen-bond donors (Lipinski definition) is 13. The molecule has 770 valence electrons. The number of morpholine rings is 1. The number of halogens is 3. The second kappa shape index (κ2) is 54.2. The fraction of sp³-hybridized carbons (Fsp3) is 0.277. The van der Waals surface area contributed by atoms with Gasteiger partial charge in [0.05, 0.1) is 63.1 Å². The molecule has 0 atom stereocenters. The summed E-state index contributed by atoms with van der Waals surface area (Å²) in [7, 11) is 0. The number of anilines is 1. The number of hydrogen-bond acceptors (Lipinski definition) is 30.